The number of esters is 1. The Kier molecular flexibility index (Phi) is 3.51. The van der Waals surface area contributed by atoms with Crippen LogP contribution in [0.4, 0.5) is 0 Å². The van der Waals surface area contributed by atoms with Gasteiger partial charge >= 0.3 is 5.97 Å². The van der Waals surface area contributed by atoms with Crippen LogP contribution in [0.25, 0.3) is 32.7 Å². The van der Waals surface area contributed by atoms with Gasteiger partial charge in [-0.25, -0.2) is 4.79 Å². The lowest BCUT2D eigenvalue weighted by atomic mass is 9.92. The fraction of sp³-hybridized carbons (Fsp3) is 0.0455. The lowest BCUT2D eigenvalue weighted by Crippen LogP contribution is -2.00. The Morgan fingerprint density at radius 2 is 1.29 bits per heavy atom. The molecule has 0 aliphatic rings. The van der Waals surface area contributed by atoms with Crippen molar-refractivity contribution >= 4 is 27.5 Å². The van der Waals surface area contributed by atoms with Crippen molar-refractivity contribution in [3.8, 4) is 11.1 Å². The minimum atomic E-state index is -0.315. The van der Waals surface area contributed by atoms with Crippen molar-refractivity contribution in [1.82, 2.24) is 0 Å². The zero-order valence-electron chi connectivity index (χ0n) is 13.3. The number of carbonyl (C=O) groups excluding carboxylic acids is 1. The Balaban J connectivity index is 2.01. The largest absolute Gasteiger partial charge is 0.465 e. The van der Waals surface area contributed by atoms with E-state index >= 15 is 0 Å². The molecular weight excluding hydrogens is 296 g/mol. The summed E-state index contributed by atoms with van der Waals surface area (Å²) in [6, 6.07) is 26.6. The predicted octanol–water partition coefficient (Wildman–Crippen LogP) is 5.45. The molecule has 0 saturated carbocycles. The van der Waals surface area contributed by atoms with E-state index in [1.807, 2.05) is 24.3 Å². The third-order valence-corrected chi connectivity index (χ3v) is 4.37. The zero-order valence-corrected chi connectivity index (χ0v) is 13.3. The molecule has 0 unspecified atom stereocenters. The van der Waals surface area contributed by atoms with Gasteiger partial charge in [-0.05, 0) is 50.9 Å². The maximum Gasteiger partial charge on any atom is 0.337 e. The van der Waals surface area contributed by atoms with E-state index in [-0.39, 0.29) is 5.97 Å². The van der Waals surface area contributed by atoms with Crippen LogP contribution in [-0.2, 0) is 4.74 Å². The van der Waals surface area contributed by atoms with Gasteiger partial charge in [0.1, 0.15) is 0 Å². The van der Waals surface area contributed by atoms with Gasteiger partial charge in [0.05, 0.1) is 12.7 Å². The van der Waals surface area contributed by atoms with Crippen LogP contribution in [0.15, 0.2) is 78.9 Å². The molecule has 0 amide bonds. The molecule has 0 N–H and O–H groups in total. The van der Waals surface area contributed by atoms with Crippen LogP contribution >= 0.6 is 0 Å². The van der Waals surface area contributed by atoms with E-state index in [9.17, 15) is 4.79 Å². The highest BCUT2D eigenvalue weighted by atomic mass is 16.5. The van der Waals surface area contributed by atoms with E-state index in [1.54, 1.807) is 0 Å². The second-order valence-electron chi connectivity index (χ2n) is 5.76. The Morgan fingerprint density at radius 1 is 0.750 bits per heavy atom. The van der Waals surface area contributed by atoms with E-state index < -0.39 is 0 Å². The molecule has 4 aromatic carbocycles. The molecule has 0 aliphatic heterocycles. The number of ether oxygens (including phenoxy) is 1. The molecule has 0 fully saturated rings. The van der Waals surface area contributed by atoms with E-state index in [2.05, 4.69) is 54.6 Å². The van der Waals surface area contributed by atoms with Crippen LogP contribution in [0.5, 0.6) is 0 Å². The third kappa shape index (κ3) is 2.33. The third-order valence-electron chi connectivity index (χ3n) is 4.37. The van der Waals surface area contributed by atoms with E-state index in [0.29, 0.717) is 5.56 Å². The molecule has 0 atom stereocenters. The minimum absolute atomic E-state index is 0.315. The van der Waals surface area contributed by atoms with Crippen LogP contribution < -0.4 is 0 Å². The standard InChI is InChI=1S/C22H16O2/c1-24-22(23)16-12-10-15(11-13-16)21-19-8-4-2-6-17(19)14-18-7-3-5-9-20(18)21/h2-14H,1H3. The van der Waals surface area contributed by atoms with Gasteiger partial charge in [-0.15, -0.1) is 0 Å². The fourth-order valence-corrected chi connectivity index (χ4v) is 3.22. The first-order valence-electron chi connectivity index (χ1n) is 7.87. The highest BCUT2D eigenvalue weighted by molar-refractivity contribution is 6.12. The van der Waals surface area contributed by atoms with Crippen LogP contribution in [0.3, 0.4) is 0 Å². The SMILES string of the molecule is COC(=O)c1ccc(-c2c3ccccc3cc3ccccc23)cc1. The van der Waals surface area contributed by atoms with E-state index in [0.717, 1.165) is 5.56 Å². The molecule has 4 rings (SSSR count). The summed E-state index contributed by atoms with van der Waals surface area (Å²) in [5.74, 6) is -0.315. The molecule has 24 heavy (non-hydrogen) atoms. The summed E-state index contributed by atoms with van der Waals surface area (Å²) in [5, 5.41) is 4.84. The average Bonchev–Trinajstić information content (AvgIpc) is 2.65. The average molecular weight is 312 g/mol. The Bertz CT molecular complexity index is 992. The van der Waals surface area contributed by atoms with Gasteiger partial charge in [0.15, 0.2) is 0 Å². The van der Waals surface area contributed by atoms with Crippen molar-refractivity contribution in [2.24, 2.45) is 0 Å². The first-order valence-corrected chi connectivity index (χ1v) is 7.87. The molecule has 0 aromatic heterocycles. The molecule has 2 heteroatoms. The predicted molar refractivity (Wildman–Crippen MR) is 98.2 cm³/mol. The minimum Gasteiger partial charge on any atom is -0.465 e. The Morgan fingerprint density at radius 3 is 1.83 bits per heavy atom. The number of methoxy groups -OCH3 is 1. The molecular formula is C22H16O2. The molecule has 0 radical (unpaired) electrons. The molecule has 0 saturated heterocycles. The Hall–Kier alpha value is -3.13. The van der Waals surface area contributed by atoms with Gasteiger partial charge in [-0.2, -0.15) is 0 Å². The summed E-state index contributed by atoms with van der Waals surface area (Å²) < 4.78 is 4.78. The summed E-state index contributed by atoms with van der Waals surface area (Å²) in [7, 11) is 1.40. The van der Waals surface area contributed by atoms with Gasteiger partial charge in [0.2, 0.25) is 0 Å². The molecule has 0 heterocycles. The zero-order chi connectivity index (χ0) is 16.5. The summed E-state index contributed by atoms with van der Waals surface area (Å²) in [6.45, 7) is 0. The highest BCUT2D eigenvalue weighted by Gasteiger charge is 2.11. The smallest absolute Gasteiger partial charge is 0.337 e. The van der Waals surface area contributed by atoms with Gasteiger partial charge in [-0.1, -0.05) is 60.7 Å². The number of benzene rings is 4. The first-order chi connectivity index (χ1) is 11.8. The number of hydrogen-bond acceptors (Lipinski definition) is 2. The lowest BCUT2D eigenvalue weighted by Gasteiger charge is -2.12. The molecule has 0 aliphatic carbocycles. The molecule has 0 spiro atoms. The topological polar surface area (TPSA) is 26.3 Å². The van der Waals surface area contributed by atoms with Crippen molar-refractivity contribution in [3.05, 3.63) is 84.4 Å². The molecule has 2 nitrogen and oxygen atoms in total. The summed E-state index contributed by atoms with van der Waals surface area (Å²) in [5.41, 5.74) is 2.85. The quantitative estimate of drug-likeness (QED) is 0.363. The molecule has 116 valence electrons. The van der Waals surface area contributed by atoms with Crippen molar-refractivity contribution < 1.29 is 9.53 Å². The van der Waals surface area contributed by atoms with Crippen LogP contribution in [0.1, 0.15) is 10.4 Å². The number of hydrogen-bond donors (Lipinski definition) is 0. The normalized spacial score (nSPS) is 10.9. The maximum absolute atomic E-state index is 11.7. The highest BCUT2D eigenvalue weighted by Crippen LogP contribution is 2.36. The summed E-state index contributed by atoms with van der Waals surface area (Å²) >= 11 is 0. The summed E-state index contributed by atoms with van der Waals surface area (Å²) in [6.07, 6.45) is 0. The number of carbonyl (C=O) groups is 1. The monoisotopic (exact) mass is 312 g/mol. The molecule has 0 bridgehead atoms. The first kappa shape index (κ1) is 14.5. The second-order valence-corrected chi connectivity index (χ2v) is 5.76. The van der Waals surface area contributed by atoms with Gasteiger partial charge in [0.25, 0.3) is 0 Å². The second kappa shape index (κ2) is 5.82. The number of rotatable bonds is 2. The van der Waals surface area contributed by atoms with Crippen LogP contribution in [-0.4, -0.2) is 13.1 Å². The van der Waals surface area contributed by atoms with Gasteiger partial charge in [0, 0.05) is 0 Å². The maximum atomic E-state index is 11.7. The fourth-order valence-electron chi connectivity index (χ4n) is 3.22. The van der Waals surface area contributed by atoms with E-state index in [4.69, 9.17) is 4.74 Å². The van der Waals surface area contributed by atoms with Crippen molar-refractivity contribution in [2.45, 2.75) is 0 Å². The number of fused-ring (bicyclic) bond motifs is 2. The van der Waals surface area contributed by atoms with Crippen LogP contribution in [0, 0.1) is 0 Å². The Labute approximate surface area is 140 Å². The van der Waals surface area contributed by atoms with Gasteiger partial charge in [-0.3, -0.25) is 0 Å². The lowest BCUT2D eigenvalue weighted by molar-refractivity contribution is 0.0601. The van der Waals surface area contributed by atoms with Crippen molar-refractivity contribution in [1.29, 1.82) is 0 Å². The molecule has 4 aromatic rings. The summed E-state index contributed by atoms with van der Waals surface area (Å²) in [4.78, 5) is 11.7. The van der Waals surface area contributed by atoms with E-state index in [1.165, 1.54) is 34.2 Å². The van der Waals surface area contributed by atoms with Gasteiger partial charge < -0.3 is 4.74 Å². The van der Waals surface area contributed by atoms with Crippen LogP contribution in [0.2, 0.25) is 0 Å². The van der Waals surface area contributed by atoms with Crippen molar-refractivity contribution in [3.63, 3.8) is 0 Å². The van der Waals surface area contributed by atoms with Crippen molar-refractivity contribution in [2.75, 3.05) is 7.11 Å².